The van der Waals surface area contributed by atoms with Gasteiger partial charge < -0.3 is 14.2 Å². The fourth-order valence-electron chi connectivity index (χ4n) is 3.68. The molecule has 1 saturated heterocycles. The van der Waals surface area contributed by atoms with Crippen molar-refractivity contribution >= 4 is 11.8 Å². The van der Waals surface area contributed by atoms with E-state index >= 15 is 0 Å². The number of methoxy groups -OCH3 is 1. The van der Waals surface area contributed by atoms with Crippen molar-refractivity contribution in [2.75, 3.05) is 7.11 Å². The van der Waals surface area contributed by atoms with E-state index in [9.17, 15) is 9.59 Å². The fraction of sp³-hybridized carbons (Fsp3) is 0.789. The molecule has 1 unspecified atom stereocenters. The van der Waals surface area contributed by atoms with Crippen LogP contribution in [-0.2, 0) is 23.8 Å². The second-order valence-electron chi connectivity index (χ2n) is 7.04. The highest BCUT2D eigenvalue weighted by molar-refractivity contribution is 5.80. The van der Waals surface area contributed by atoms with Crippen molar-refractivity contribution in [3.05, 3.63) is 12.7 Å². The molecule has 5 heteroatoms. The Balaban J connectivity index is 1.93. The van der Waals surface area contributed by atoms with Gasteiger partial charge in [0.15, 0.2) is 5.79 Å². The van der Waals surface area contributed by atoms with Crippen LogP contribution < -0.4 is 0 Å². The molecule has 0 aromatic heterocycles. The average molecular weight is 338 g/mol. The highest BCUT2D eigenvalue weighted by Gasteiger charge is 2.45. The van der Waals surface area contributed by atoms with Gasteiger partial charge in [-0.15, -0.1) is 6.58 Å². The van der Waals surface area contributed by atoms with Crippen molar-refractivity contribution in [1.82, 2.24) is 0 Å². The molecule has 5 nitrogen and oxygen atoms in total. The number of hydrogen-bond donors (Lipinski definition) is 0. The number of ether oxygens (including phenoxy) is 3. The molecule has 0 aromatic carbocycles. The van der Waals surface area contributed by atoms with Crippen LogP contribution in [0.15, 0.2) is 12.7 Å². The van der Waals surface area contributed by atoms with Crippen LogP contribution in [0, 0.1) is 5.92 Å². The second-order valence-corrected chi connectivity index (χ2v) is 7.04. The highest BCUT2D eigenvalue weighted by Crippen LogP contribution is 2.42. The lowest BCUT2D eigenvalue weighted by molar-refractivity contribution is -0.315. The van der Waals surface area contributed by atoms with Crippen LogP contribution in [0.25, 0.3) is 0 Å². The number of hydrogen-bond acceptors (Lipinski definition) is 5. The molecule has 1 spiro atoms. The maximum Gasteiger partial charge on any atom is 0.308 e. The summed E-state index contributed by atoms with van der Waals surface area (Å²) >= 11 is 0. The van der Waals surface area contributed by atoms with E-state index in [0.29, 0.717) is 25.7 Å². The summed E-state index contributed by atoms with van der Waals surface area (Å²) in [6.45, 7) is 5.63. The van der Waals surface area contributed by atoms with Crippen LogP contribution in [0.1, 0.15) is 64.7 Å². The van der Waals surface area contributed by atoms with Crippen molar-refractivity contribution < 1.29 is 23.8 Å². The predicted molar refractivity (Wildman–Crippen MR) is 90.4 cm³/mol. The summed E-state index contributed by atoms with van der Waals surface area (Å²) in [5.74, 6) is -0.565. The summed E-state index contributed by atoms with van der Waals surface area (Å²) in [5.41, 5.74) is 0. The maximum atomic E-state index is 12.2. The van der Waals surface area contributed by atoms with E-state index in [4.69, 9.17) is 14.2 Å². The molecule has 0 bridgehead atoms. The first-order valence-corrected chi connectivity index (χ1v) is 9.04. The molecule has 1 aliphatic carbocycles. The zero-order valence-electron chi connectivity index (χ0n) is 14.9. The minimum Gasteiger partial charge on any atom is -0.469 e. The van der Waals surface area contributed by atoms with E-state index in [2.05, 4.69) is 6.58 Å². The Morgan fingerprint density at radius 3 is 2.58 bits per heavy atom. The molecule has 1 saturated carbocycles. The molecule has 2 aliphatic rings. The van der Waals surface area contributed by atoms with Crippen molar-refractivity contribution in [2.24, 2.45) is 5.92 Å². The van der Waals surface area contributed by atoms with E-state index in [-0.39, 0.29) is 36.3 Å². The number of carbonyl (C=O) groups is 2. The third kappa shape index (κ3) is 5.15. The fourth-order valence-corrected chi connectivity index (χ4v) is 3.68. The Kier molecular flexibility index (Phi) is 6.99. The maximum absolute atomic E-state index is 12.2. The van der Waals surface area contributed by atoms with Gasteiger partial charge in [0.2, 0.25) is 0 Å². The van der Waals surface area contributed by atoms with Gasteiger partial charge in [0, 0.05) is 31.6 Å². The Morgan fingerprint density at radius 1 is 1.29 bits per heavy atom. The monoisotopic (exact) mass is 338 g/mol. The van der Waals surface area contributed by atoms with E-state index in [1.807, 2.05) is 6.92 Å². The molecule has 136 valence electrons. The Labute approximate surface area is 144 Å². The van der Waals surface area contributed by atoms with Gasteiger partial charge in [0.1, 0.15) is 5.78 Å². The number of ketones is 1. The molecule has 0 radical (unpaired) electrons. The lowest BCUT2D eigenvalue weighted by Gasteiger charge is -2.42. The summed E-state index contributed by atoms with van der Waals surface area (Å²) in [6, 6.07) is 0. The molecule has 0 amide bonds. The van der Waals surface area contributed by atoms with Gasteiger partial charge in [-0.2, -0.15) is 0 Å². The standard InChI is InChI=1S/C19H30O5/c1-4-7-14(2)17(20)9-8-15-12-16(13-18(21)22-3)24-19(23-15)10-5-6-11-19/h4,14-16H,1,5-13H2,2-3H3/t14-,15?,16-/m1/s1. The van der Waals surface area contributed by atoms with Gasteiger partial charge in [-0.1, -0.05) is 13.0 Å². The van der Waals surface area contributed by atoms with E-state index < -0.39 is 5.79 Å². The highest BCUT2D eigenvalue weighted by atomic mass is 16.7. The summed E-state index contributed by atoms with van der Waals surface area (Å²) in [5, 5.41) is 0. The summed E-state index contributed by atoms with van der Waals surface area (Å²) in [4.78, 5) is 23.8. The predicted octanol–water partition coefficient (Wildman–Crippen LogP) is 3.56. The lowest BCUT2D eigenvalue weighted by Crippen LogP contribution is -2.47. The van der Waals surface area contributed by atoms with Crippen LogP contribution in [0.2, 0.25) is 0 Å². The van der Waals surface area contributed by atoms with Gasteiger partial charge in [0.25, 0.3) is 0 Å². The minimum absolute atomic E-state index is 0.00801. The topological polar surface area (TPSA) is 61.8 Å². The Hall–Kier alpha value is -1.20. The van der Waals surface area contributed by atoms with Gasteiger partial charge in [0.05, 0.1) is 25.7 Å². The third-order valence-electron chi connectivity index (χ3n) is 5.06. The number of allylic oxidation sites excluding steroid dienone is 1. The smallest absolute Gasteiger partial charge is 0.308 e. The van der Waals surface area contributed by atoms with E-state index in [1.54, 1.807) is 6.08 Å². The number of Topliss-reactive ketones (excluding diaryl/α,β-unsaturated/α-hetero) is 1. The minimum atomic E-state index is -0.558. The van der Waals surface area contributed by atoms with Crippen LogP contribution in [0.4, 0.5) is 0 Å². The molecule has 3 atom stereocenters. The zero-order chi connectivity index (χ0) is 17.6. The largest absolute Gasteiger partial charge is 0.469 e. The molecule has 1 heterocycles. The number of esters is 1. The first-order valence-electron chi connectivity index (χ1n) is 9.04. The SMILES string of the molecule is C=CC[C@@H](C)C(=O)CCC1C[C@H](CC(=O)OC)OC2(CCCC2)O1. The van der Waals surface area contributed by atoms with Crippen molar-refractivity contribution in [3.63, 3.8) is 0 Å². The van der Waals surface area contributed by atoms with Crippen LogP contribution in [0.5, 0.6) is 0 Å². The first-order chi connectivity index (χ1) is 11.5. The molecule has 2 rings (SSSR count). The van der Waals surface area contributed by atoms with Gasteiger partial charge in [-0.25, -0.2) is 0 Å². The zero-order valence-corrected chi connectivity index (χ0v) is 14.9. The number of carbonyl (C=O) groups excluding carboxylic acids is 2. The third-order valence-corrected chi connectivity index (χ3v) is 5.06. The summed E-state index contributed by atoms with van der Waals surface area (Å²) < 4.78 is 17.1. The van der Waals surface area contributed by atoms with E-state index in [0.717, 1.165) is 25.7 Å². The summed E-state index contributed by atoms with van der Waals surface area (Å²) in [7, 11) is 1.39. The first kappa shape index (κ1) is 19.1. The van der Waals surface area contributed by atoms with Crippen molar-refractivity contribution in [2.45, 2.75) is 82.7 Å². The van der Waals surface area contributed by atoms with Crippen molar-refractivity contribution in [1.29, 1.82) is 0 Å². The second kappa shape index (κ2) is 8.77. The Bertz CT molecular complexity index is 453. The van der Waals surface area contributed by atoms with Gasteiger partial charge >= 0.3 is 5.97 Å². The van der Waals surface area contributed by atoms with Crippen LogP contribution in [-0.4, -0.2) is 36.9 Å². The van der Waals surface area contributed by atoms with Crippen molar-refractivity contribution in [3.8, 4) is 0 Å². The molecule has 0 N–H and O–H groups in total. The lowest BCUT2D eigenvalue weighted by atomic mass is 9.95. The average Bonchev–Trinajstić information content (AvgIpc) is 2.99. The van der Waals surface area contributed by atoms with Crippen LogP contribution >= 0.6 is 0 Å². The molecule has 24 heavy (non-hydrogen) atoms. The van der Waals surface area contributed by atoms with Crippen LogP contribution in [0.3, 0.4) is 0 Å². The molecule has 2 fully saturated rings. The van der Waals surface area contributed by atoms with E-state index in [1.165, 1.54) is 7.11 Å². The van der Waals surface area contributed by atoms with Gasteiger partial charge in [-0.3, -0.25) is 9.59 Å². The summed E-state index contributed by atoms with van der Waals surface area (Å²) in [6.07, 6.45) is 8.23. The number of rotatable bonds is 8. The normalized spacial score (nSPS) is 26.9. The Morgan fingerprint density at radius 2 is 1.96 bits per heavy atom. The molecule has 0 aromatic rings. The quantitative estimate of drug-likeness (QED) is 0.500. The van der Waals surface area contributed by atoms with Gasteiger partial charge in [-0.05, 0) is 25.7 Å². The molecular weight excluding hydrogens is 308 g/mol. The molecule has 1 aliphatic heterocycles. The molecular formula is C19H30O5.